The fraction of sp³-hybridized carbons (Fsp3) is 0. The summed E-state index contributed by atoms with van der Waals surface area (Å²) in [5.41, 5.74) is -2.04. The molecule has 0 aliphatic rings. The first kappa shape index (κ1) is 10.7. The van der Waals surface area contributed by atoms with Crippen LogP contribution >= 0.6 is 23.2 Å². The summed E-state index contributed by atoms with van der Waals surface area (Å²) in [7, 11) is 0. The van der Waals surface area contributed by atoms with E-state index in [-0.39, 0.29) is 11.6 Å². The third-order valence-electron chi connectivity index (χ3n) is 1.09. The molecule has 0 saturated heterocycles. The molecule has 14 heavy (non-hydrogen) atoms. The summed E-state index contributed by atoms with van der Waals surface area (Å²) in [5, 5.41) is 0. The lowest BCUT2D eigenvalue weighted by Gasteiger charge is -2.01. The third kappa shape index (κ3) is 3.59. The van der Waals surface area contributed by atoms with E-state index >= 15 is 0 Å². The number of carbonyl (C=O) groups excluding carboxylic acids is 2. The zero-order valence-electron chi connectivity index (χ0n) is 6.57. The van der Waals surface area contributed by atoms with Crippen LogP contribution in [-0.2, 0) is 0 Å². The molecule has 1 rings (SSSR count). The first-order valence-electron chi connectivity index (χ1n) is 3.28. The molecule has 0 aromatic carbocycles. The highest BCUT2D eigenvalue weighted by molar-refractivity contribution is 6.61. The van der Waals surface area contributed by atoms with Crippen LogP contribution in [0.15, 0.2) is 18.3 Å². The number of hydrogen-bond acceptors (Lipinski definition) is 5. The molecule has 0 radical (unpaired) electrons. The van der Waals surface area contributed by atoms with Crippen molar-refractivity contribution < 1.29 is 19.1 Å². The Morgan fingerprint density at radius 2 is 1.86 bits per heavy atom. The number of aromatic nitrogens is 1. The highest BCUT2D eigenvalue weighted by Crippen LogP contribution is 2.17. The minimum Gasteiger partial charge on any atom is -0.414 e. The Labute approximate surface area is 88.5 Å². The van der Waals surface area contributed by atoms with E-state index in [9.17, 15) is 9.59 Å². The first-order chi connectivity index (χ1) is 6.58. The summed E-state index contributed by atoms with van der Waals surface area (Å²) in [6, 6.07) is 2.56. The van der Waals surface area contributed by atoms with E-state index in [1.807, 2.05) is 0 Å². The predicted molar refractivity (Wildman–Crippen MR) is 48.0 cm³/mol. The highest BCUT2D eigenvalue weighted by Gasteiger charge is 2.05. The number of halogens is 2. The third-order valence-corrected chi connectivity index (χ3v) is 1.24. The summed E-state index contributed by atoms with van der Waals surface area (Å²) < 4.78 is 8.91. The van der Waals surface area contributed by atoms with E-state index < -0.39 is 10.9 Å². The number of carbonyl (C=O) groups is 2. The van der Waals surface area contributed by atoms with Gasteiger partial charge in [-0.3, -0.25) is 0 Å². The lowest BCUT2D eigenvalue weighted by molar-refractivity contribution is 0.223. The van der Waals surface area contributed by atoms with Gasteiger partial charge in [0, 0.05) is 35.5 Å². The first-order valence-corrected chi connectivity index (χ1v) is 4.04. The van der Waals surface area contributed by atoms with Crippen molar-refractivity contribution in [1.29, 1.82) is 0 Å². The van der Waals surface area contributed by atoms with Crippen molar-refractivity contribution in [3.05, 3.63) is 18.3 Å². The van der Waals surface area contributed by atoms with Crippen LogP contribution in [0.5, 0.6) is 11.6 Å². The average molecular weight is 236 g/mol. The Bertz CT molecular complexity index is 337. The fourth-order valence-corrected chi connectivity index (χ4v) is 0.854. The van der Waals surface area contributed by atoms with Gasteiger partial charge in [0.15, 0.2) is 0 Å². The van der Waals surface area contributed by atoms with Gasteiger partial charge in [-0.25, -0.2) is 14.6 Å². The van der Waals surface area contributed by atoms with Crippen LogP contribution in [0.1, 0.15) is 0 Å². The molecule has 0 spiro atoms. The monoisotopic (exact) mass is 235 g/mol. The standard InChI is InChI=1S/C7H3Cl2NO4/c8-6(11)13-4-1-2-10-5(3-4)14-7(9)12/h1-3H. The molecule has 1 aromatic rings. The van der Waals surface area contributed by atoms with Crippen LogP contribution in [0.2, 0.25) is 0 Å². The molecule has 0 amide bonds. The van der Waals surface area contributed by atoms with E-state index in [1.54, 1.807) is 0 Å². The van der Waals surface area contributed by atoms with E-state index in [0.29, 0.717) is 0 Å². The molecule has 0 saturated carbocycles. The van der Waals surface area contributed by atoms with Crippen molar-refractivity contribution in [2.24, 2.45) is 0 Å². The maximum absolute atomic E-state index is 10.3. The fourth-order valence-electron chi connectivity index (χ4n) is 0.685. The average Bonchev–Trinajstić information content (AvgIpc) is 2.01. The Morgan fingerprint density at radius 3 is 2.43 bits per heavy atom. The maximum Gasteiger partial charge on any atom is 0.410 e. The van der Waals surface area contributed by atoms with Crippen molar-refractivity contribution in [1.82, 2.24) is 4.98 Å². The van der Waals surface area contributed by atoms with Crippen LogP contribution in [0.3, 0.4) is 0 Å². The molecule has 0 aliphatic carbocycles. The molecular weight excluding hydrogens is 233 g/mol. The summed E-state index contributed by atoms with van der Waals surface area (Å²) >= 11 is 9.89. The minimum absolute atomic E-state index is 0.0829. The van der Waals surface area contributed by atoms with Crippen LogP contribution in [-0.4, -0.2) is 15.8 Å². The van der Waals surface area contributed by atoms with Crippen molar-refractivity contribution in [2.45, 2.75) is 0 Å². The van der Waals surface area contributed by atoms with Crippen LogP contribution in [0, 0.1) is 0 Å². The Kier molecular flexibility index (Phi) is 3.67. The van der Waals surface area contributed by atoms with E-state index in [0.717, 1.165) is 0 Å². The minimum atomic E-state index is -1.04. The van der Waals surface area contributed by atoms with Gasteiger partial charge in [-0.1, -0.05) is 0 Å². The topological polar surface area (TPSA) is 65.5 Å². The second-order valence-corrected chi connectivity index (χ2v) is 2.63. The summed E-state index contributed by atoms with van der Waals surface area (Å²) in [6.07, 6.45) is 1.27. The molecule has 0 N–H and O–H groups in total. The van der Waals surface area contributed by atoms with Gasteiger partial charge in [0.25, 0.3) is 0 Å². The molecule has 5 nitrogen and oxygen atoms in total. The molecule has 0 fully saturated rings. The highest BCUT2D eigenvalue weighted by atomic mass is 35.5. The van der Waals surface area contributed by atoms with Gasteiger partial charge < -0.3 is 9.47 Å². The molecular formula is C7H3Cl2NO4. The number of ether oxygens (including phenoxy) is 2. The van der Waals surface area contributed by atoms with E-state index in [1.165, 1.54) is 18.3 Å². The molecule has 1 aromatic heterocycles. The van der Waals surface area contributed by atoms with Crippen LogP contribution < -0.4 is 9.47 Å². The van der Waals surface area contributed by atoms with Crippen LogP contribution in [0.4, 0.5) is 9.59 Å². The second kappa shape index (κ2) is 4.78. The van der Waals surface area contributed by atoms with Gasteiger partial charge in [0.1, 0.15) is 5.75 Å². The largest absolute Gasteiger partial charge is 0.414 e. The van der Waals surface area contributed by atoms with Crippen molar-refractivity contribution in [2.75, 3.05) is 0 Å². The Hall–Kier alpha value is -1.33. The number of nitrogens with zero attached hydrogens (tertiary/aromatic N) is 1. The van der Waals surface area contributed by atoms with Gasteiger partial charge in [-0.15, -0.1) is 0 Å². The zero-order valence-corrected chi connectivity index (χ0v) is 8.08. The summed E-state index contributed by atoms with van der Waals surface area (Å²) in [6.45, 7) is 0. The summed E-state index contributed by atoms with van der Waals surface area (Å²) in [5.74, 6) is 0.0216. The predicted octanol–water partition coefficient (Wildman–Crippen LogP) is 2.56. The van der Waals surface area contributed by atoms with Crippen molar-refractivity contribution >= 4 is 34.1 Å². The number of rotatable bonds is 2. The molecule has 0 aliphatic heterocycles. The smallest absolute Gasteiger partial charge is 0.410 e. The number of hydrogen-bond donors (Lipinski definition) is 0. The Morgan fingerprint density at radius 1 is 1.21 bits per heavy atom. The maximum atomic E-state index is 10.3. The second-order valence-electron chi connectivity index (χ2n) is 2.01. The van der Waals surface area contributed by atoms with Crippen LogP contribution in [0.25, 0.3) is 0 Å². The van der Waals surface area contributed by atoms with Crippen molar-refractivity contribution in [3.63, 3.8) is 0 Å². The van der Waals surface area contributed by atoms with Gasteiger partial charge >= 0.3 is 10.9 Å². The molecule has 74 valence electrons. The van der Waals surface area contributed by atoms with Gasteiger partial charge in [-0.05, 0) is 6.07 Å². The molecule has 0 bridgehead atoms. The summed E-state index contributed by atoms with van der Waals surface area (Å²) in [4.78, 5) is 24.3. The molecule has 1 heterocycles. The molecule has 7 heteroatoms. The van der Waals surface area contributed by atoms with Crippen molar-refractivity contribution in [3.8, 4) is 11.6 Å². The van der Waals surface area contributed by atoms with E-state index in [4.69, 9.17) is 23.2 Å². The van der Waals surface area contributed by atoms with E-state index in [2.05, 4.69) is 14.5 Å². The van der Waals surface area contributed by atoms with Gasteiger partial charge in [0.05, 0.1) is 0 Å². The lowest BCUT2D eigenvalue weighted by atomic mass is 10.4. The number of pyridine rings is 1. The lowest BCUT2D eigenvalue weighted by Crippen LogP contribution is -2.00. The van der Waals surface area contributed by atoms with Gasteiger partial charge in [-0.2, -0.15) is 0 Å². The molecule has 0 atom stereocenters. The zero-order chi connectivity index (χ0) is 10.6. The SMILES string of the molecule is O=C(Cl)Oc1ccnc(OC(=O)Cl)c1. The van der Waals surface area contributed by atoms with Gasteiger partial charge in [0.2, 0.25) is 5.88 Å². The Balaban J connectivity index is 2.78. The quantitative estimate of drug-likeness (QED) is 0.738. The normalized spacial score (nSPS) is 9.29. The molecule has 0 unspecified atom stereocenters.